The van der Waals surface area contributed by atoms with Gasteiger partial charge in [0.25, 0.3) is 0 Å². The Hall–Kier alpha value is -4.11. The van der Waals surface area contributed by atoms with Crippen LogP contribution in [0, 0.1) is 23.3 Å². The number of aryl methyl sites for hydroxylation is 1. The fourth-order valence-corrected chi connectivity index (χ4v) is 5.21. The molecule has 5 aromatic rings. The lowest BCUT2D eigenvalue weighted by Crippen LogP contribution is -2.33. The van der Waals surface area contributed by atoms with Crippen molar-refractivity contribution in [1.82, 2.24) is 19.9 Å². The molecule has 2 N–H and O–H groups in total. The number of fused-ring (bicyclic) bond motifs is 2. The minimum Gasteiger partial charge on any atom is -0.451 e. The highest BCUT2D eigenvalue weighted by Gasteiger charge is 2.32. The van der Waals surface area contributed by atoms with Gasteiger partial charge in [0, 0.05) is 44.6 Å². The predicted octanol–water partition coefficient (Wildman–Crippen LogP) is 7.44. The van der Waals surface area contributed by atoms with Gasteiger partial charge in [-0.3, -0.25) is 4.90 Å². The van der Waals surface area contributed by atoms with E-state index in [-0.39, 0.29) is 40.9 Å². The molecule has 1 unspecified atom stereocenters. The number of hydrogen-bond donors (Lipinski definition) is 2. The normalized spacial score (nSPS) is 16.4. The summed E-state index contributed by atoms with van der Waals surface area (Å²) in [6.45, 7) is -0.453. The molecule has 2 aromatic heterocycles. The van der Waals surface area contributed by atoms with Crippen molar-refractivity contribution in [3.8, 4) is 22.9 Å². The zero-order valence-electron chi connectivity index (χ0n) is 23.0. The number of imidazole rings is 1. The molecule has 0 fully saturated rings. The first kappa shape index (κ1) is 22.8. The average molecular weight is 537 g/mol. The van der Waals surface area contributed by atoms with Crippen LogP contribution in [0.25, 0.3) is 22.3 Å². The van der Waals surface area contributed by atoms with E-state index in [9.17, 15) is 8.78 Å². The van der Waals surface area contributed by atoms with Crippen LogP contribution in [0.15, 0.2) is 54.7 Å². The first-order chi connectivity index (χ1) is 19.7. The lowest BCUT2D eigenvalue weighted by Gasteiger charge is -2.32. The Labute approximate surface area is 225 Å². The van der Waals surface area contributed by atoms with E-state index in [0.29, 0.717) is 29.8 Å². The van der Waals surface area contributed by atoms with Crippen LogP contribution in [0.4, 0.5) is 17.6 Å². The smallest absolute Gasteiger partial charge is 0.199 e. The Kier molecular flexibility index (Phi) is 5.79. The standard InChI is InChI=1S/C30H26F4N4O/c1-3-5-16-6-4-7-19(25(16)33)28-27-23(11-13-38(28)2)36-30(37-27)20-14-17(8-9-21(20)31)39-29-22(32)15-24-18(26(29)34)10-12-35-24/h4,6-10,12,14-15,28,35H,3,5,11,13H2,1-2H3,(H,36,37)/i1D2. The van der Waals surface area contributed by atoms with E-state index in [4.69, 9.17) is 7.48 Å². The molecule has 0 amide bonds. The Bertz CT molecular complexity index is 1750. The summed E-state index contributed by atoms with van der Waals surface area (Å²) in [7, 11) is 1.86. The number of nitrogens with one attached hydrogen (secondary N) is 2. The van der Waals surface area contributed by atoms with Crippen LogP contribution >= 0.6 is 0 Å². The molecule has 0 radical (unpaired) electrons. The summed E-state index contributed by atoms with van der Waals surface area (Å²) >= 11 is 0. The van der Waals surface area contributed by atoms with Crippen LogP contribution in [0.5, 0.6) is 11.5 Å². The number of H-pyrrole nitrogens is 2. The molecule has 5 nitrogen and oxygen atoms in total. The van der Waals surface area contributed by atoms with Crippen LogP contribution < -0.4 is 4.74 Å². The first-order valence-corrected chi connectivity index (χ1v) is 12.5. The summed E-state index contributed by atoms with van der Waals surface area (Å²) in [5, 5.41) is 0.160. The molecule has 1 aliphatic heterocycles. The van der Waals surface area contributed by atoms with Gasteiger partial charge in [-0.05, 0) is 43.3 Å². The van der Waals surface area contributed by atoms with Crippen LogP contribution in [0.1, 0.15) is 44.6 Å². The van der Waals surface area contributed by atoms with E-state index in [0.717, 1.165) is 17.8 Å². The molecule has 200 valence electrons. The molecule has 3 heterocycles. The maximum Gasteiger partial charge on any atom is 0.199 e. The summed E-state index contributed by atoms with van der Waals surface area (Å²) in [5.74, 6) is -3.23. The van der Waals surface area contributed by atoms with Crippen LogP contribution in [-0.4, -0.2) is 33.4 Å². The van der Waals surface area contributed by atoms with Crippen molar-refractivity contribution < 1.29 is 25.0 Å². The van der Waals surface area contributed by atoms with Gasteiger partial charge >= 0.3 is 0 Å². The van der Waals surface area contributed by atoms with Crippen molar-refractivity contribution in [1.29, 1.82) is 0 Å². The first-order valence-electron chi connectivity index (χ1n) is 13.7. The molecular formula is C30H26F4N4O. The second kappa shape index (κ2) is 9.89. The van der Waals surface area contributed by atoms with Gasteiger partial charge in [-0.2, -0.15) is 0 Å². The number of aromatic amines is 2. The number of aromatic nitrogens is 3. The van der Waals surface area contributed by atoms with E-state index in [1.165, 1.54) is 24.4 Å². The number of benzene rings is 3. The topological polar surface area (TPSA) is 56.9 Å². The summed E-state index contributed by atoms with van der Waals surface area (Å²) < 4.78 is 80.8. The minimum atomic E-state index is -1.05. The van der Waals surface area contributed by atoms with Gasteiger partial charge in [0.05, 0.1) is 22.8 Å². The van der Waals surface area contributed by atoms with Crippen molar-refractivity contribution in [3.63, 3.8) is 0 Å². The third-order valence-electron chi connectivity index (χ3n) is 7.16. The molecule has 1 atom stereocenters. The third-order valence-corrected chi connectivity index (χ3v) is 7.16. The molecule has 6 rings (SSSR count). The Morgan fingerprint density at radius 3 is 2.79 bits per heavy atom. The van der Waals surface area contributed by atoms with E-state index >= 15 is 8.78 Å². The monoisotopic (exact) mass is 536 g/mol. The SMILES string of the molecule is [2H]C([2H])CCc1cccc(C2c3nc(-c4cc(Oc5c(F)cc6[nH]ccc6c5F)ccc4F)[nH]c3CCN2C)c1F. The fourth-order valence-electron chi connectivity index (χ4n) is 5.21. The van der Waals surface area contributed by atoms with Crippen LogP contribution in [-0.2, 0) is 12.8 Å². The van der Waals surface area contributed by atoms with E-state index in [2.05, 4.69) is 15.0 Å². The maximum absolute atomic E-state index is 15.6. The van der Waals surface area contributed by atoms with Crippen LogP contribution in [0.3, 0.4) is 0 Å². The molecule has 0 bridgehead atoms. The van der Waals surface area contributed by atoms with E-state index < -0.39 is 41.9 Å². The number of hydrogen-bond acceptors (Lipinski definition) is 3. The number of ether oxygens (including phenoxy) is 1. The predicted molar refractivity (Wildman–Crippen MR) is 141 cm³/mol. The molecule has 3 aromatic carbocycles. The van der Waals surface area contributed by atoms with Gasteiger partial charge in [-0.25, -0.2) is 22.5 Å². The summed E-state index contributed by atoms with van der Waals surface area (Å²) in [6.07, 6.45) is 2.54. The molecule has 0 aliphatic carbocycles. The largest absolute Gasteiger partial charge is 0.451 e. The Morgan fingerprint density at radius 2 is 1.95 bits per heavy atom. The van der Waals surface area contributed by atoms with Crippen molar-refractivity contribution in [2.75, 3.05) is 13.6 Å². The lowest BCUT2D eigenvalue weighted by molar-refractivity contribution is 0.254. The summed E-state index contributed by atoms with van der Waals surface area (Å²) in [5.41, 5.74) is 2.42. The molecule has 9 heteroatoms. The van der Waals surface area contributed by atoms with Gasteiger partial charge < -0.3 is 14.7 Å². The van der Waals surface area contributed by atoms with Crippen LogP contribution in [0.2, 0.25) is 0 Å². The zero-order chi connectivity index (χ0) is 28.8. The summed E-state index contributed by atoms with van der Waals surface area (Å²) in [6, 6.07) is 10.9. The zero-order valence-corrected chi connectivity index (χ0v) is 21.0. The second-order valence-corrected chi connectivity index (χ2v) is 9.63. The molecule has 0 saturated heterocycles. The number of nitrogens with zero attached hydrogens (tertiary/aromatic N) is 2. The Morgan fingerprint density at radius 1 is 1.08 bits per heavy atom. The van der Waals surface area contributed by atoms with Gasteiger partial charge in [-0.15, -0.1) is 0 Å². The number of likely N-dealkylation sites (N-methyl/N-ethyl adjacent to an activating group) is 1. The van der Waals surface area contributed by atoms with Crippen molar-refractivity contribution in [2.45, 2.75) is 32.2 Å². The highest BCUT2D eigenvalue weighted by molar-refractivity contribution is 5.82. The summed E-state index contributed by atoms with van der Waals surface area (Å²) in [4.78, 5) is 12.6. The van der Waals surface area contributed by atoms with E-state index in [1.54, 1.807) is 18.2 Å². The van der Waals surface area contributed by atoms with Gasteiger partial charge in [0.15, 0.2) is 17.4 Å². The van der Waals surface area contributed by atoms with Crippen molar-refractivity contribution >= 4 is 10.9 Å². The molecule has 1 aliphatic rings. The molecule has 39 heavy (non-hydrogen) atoms. The Balaban J connectivity index is 1.36. The maximum atomic E-state index is 15.6. The average Bonchev–Trinajstić information content (AvgIpc) is 3.59. The quantitative estimate of drug-likeness (QED) is 0.222. The van der Waals surface area contributed by atoms with E-state index in [1.807, 2.05) is 11.9 Å². The lowest BCUT2D eigenvalue weighted by atomic mass is 9.93. The minimum absolute atomic E-state index is 0.0120. The van der Waals surface area contributed by atoms with Crippen molar-refractivity contribution in [3.05, 3.63) is 101 Å². The molecule has 0 spiro atoms. The van der Waals surface area contributed by atoms with Gasteiger partial charge in [-0.1, -0.05) is 31.5 Å². The third kappa shape index (κ3) is 4.36. The number of rotatable bonds is 6. The number of halogens is 4. The second-order valence-electron chi connectivity index (χ2n) is 9.63. The highest BCUT2D eigenvalue weighted by Crippen LogP contribution is 2.38. The van der Waals surface area contributed by atoms with Gasteiger partial charge in [0.2, 0.25) is 0 Å². The molecular weight excluding hydrogens is 508 g/mol. The van der Waals surface area contributed by atoms with Crippen molar-refractivity contribution in [2.24, 2.45) is 0 Å². The van der Waals surface area contributed by atoms with Gasteiger partial charge in [0.1, 0.15) is 23.2 Å². The molecule has 0 saturated carbocycles. The fraction of sp³-hybridized carbons (Fsp3) is 0.233. The highest BCUT2D eigenvalue weighted by atomic mass is 19.1.